The maximum Gasteiger partial charge on any atom is 0.160 e. The maximum atomic E-state index is 13.1. The first-order chi connectivity index (χ1) is 10.0. The highest BCUT2D eigenvalue weighted by atomic mass is 32.1. The molecule has 1 aromatic carbocycles. The molecular formula is C15H13FN4S. The summed E-state index contributed by atoms with van der Waals surface area (Å²) in [5.74, 6) is 0.389. The minimum atomic E-state index is -0.287. The van der Waals surface area contributed by atoms with E-state index in [2.05, 4.69) is 9.97 Å². The minimum Gasteiger partial charge on any atom is -0.392 e. The molecule has 0 atom stereocenters. The first kappa shape index (κ1) is 13.6. The summed E-state index contributed by atoms with van der Waals surface area (Å²) in [6.45, 7) is 2.30. The highest BCUT2D eigenvalue weighted by Crippen LogP contribution is 2.24. The molecule has 21 heavy (non-hydrogen) atoms. The van der Waals surface area contributed by atoms with Crippen LogP contribution in [0.5, 0.6) is 0 Å². The van der Waals surface area contributed by atoms with Crippen molar-refractivity contribution in [2.24, 2.45) is 5.73 Å². The summed E-state index contributed by atoms with van der Waals surface area (Å²) in [7, 11) is 0. The number of rotatable bonds is 3. The number of fused-ring (bicyclic) bond motifs is 1. The van der Waals surface area contributed by atoms with E-state index < -0.39 is 0 Å². The largest absolute Gasteiger partial charge is 0.392 e. The molecule has 0 unspecified atom stereocenters. The second-order valence-corrected chi connectivity index (χ2v) is 5.37. The first-order valence-electron chi connectivity index (χ1n) is 6.42. The molecule has 0 amide bonds. The van der Waals surface area contributed by atoms with Crippen molar-refractivity contribution in [1.29, 1.82) is 0 Å². The Bertz CT molecular complexity index is 824. The molecular weight excluding hydrogens is 287 g/mol. The maximum absolute atomic E-state index is 13.1. The monoisotopic (exact) mass is 300 g/mol. The number of thiocarbonyl (C=S) groups is 1. The van der Waals surface area contributed by atoms with Crippen LogP contribution in [0.25, 0.3) is 22.6 Å². The molecule has 0 aliphatic rings. The van der Waals surface area contributed by atoms with Gasteiger partial charge in [0.05, 0.1) is 11.5 Å². The Balaban J connectivity index is 2.24. The number of hydrogen-bond donors (Lipinski definition) is 1. The van der Waals surface area contributed by atoms with Crippen molar-refractivity contribution in [1.82, 2.24) is 14.5 Å². The zero-order valence-electron chi connectivity index (χ0n) is 11.4. The lowest BCUT2D eigenvalue weighted by Gasteiger charge is -2.07. The molecule has 0 fully saturated rings. The normalized spacial score (nSPS) is 11.0. The molecule has 4 nitrogen and oxygen atoms in total. The van der Waals surface area contributed by atoms with Gasteiger partial charge in [-0.2, -0.15) is 0 Å². The van der Waals surface area contributed by atoms with Gasteiger partial charge in [0, 0.05) is 11.8 Å². The molecule has 6 heteroatoms. The number of halogens is 1. The van der Waals surface area contributed by atoms with Crippen LogP contribution >= 0.6 is 12.2 Å². The van der Waals surface area contributed by atoms with Crippen LogP contribution in [0.4, 0.5) is 4.39 Å². The number of nitrogens with two attached hydrogens (primary N) is 1. The van der Waals surface area contributed by atoms with Gasteiger partial charge in [0.15, 0.2) is 5.65 Å². The lowest BCUT2D eigenvalue weighted by molar-refractivity contribution is 0.628. The van der Waals surface area contributed by atoms with Crippen molar-refractivity contribution in [2.75, 3.05) is 0 Å². The molecule has 2 heterocycles. The summed E-state index contributed by atoms with van der Waals surface area (Å²) in [4.78, 5) is 9.35. The molecule has 106 valence electrons. The fraction of sp³-hybridized carbons (Fsp3) is 0.133. The van der Waals surface area contributed by atoms with E-state index in [0.717, 1.165) is 16.6 Å². The molecule has 2 N–H and O–H groups in total. The van der Waals surface area contributed by atoms with Gasteiger partial charge in [-0.25, -0.2) is 14.4 Å². The first-order valence-corrected chi connectivity index (χ1v) is 6.82. The standard InChI is InChI=1S/C15H13FN4S/c1-9-6-12-15(18-7-9)20(8-13(17)21)14(19-12)10-2-4-11(16)5-3-10/h2-7H,8H2,1H3,(H2,17,21). The van der Waals surface area contributed by atoms with E-state index in [4.69, 9.17) is 18.0 Å². The van der Waals surface area contributed by atoms with Crippen LogP contribution in [-0.2, 0) is 6.54 Å². The van der Waals surface area contributed by atoms with Crippen molar-refractivity contribution in [3.05, 3.63) is 47.9 Å². The lowest BCUT2D eigenvalue weighted by Crippen LogP contribution is -2.17. The molecule has 0 saturated heterocycles. The Hall–Kier alpha value is -2.34. The fourth-order valence-electron chi connectivity index (χ4n) is 2.24. The average Bonchev–Trinajstić information content (AvgIpc) is 2.77. The van der Waals surface area contributed by atoms with E-state index >= 15 is 0 Å². The van der Waals surface area contributed by atoms with Gasteiger partial charge in [-0.15, -0.1) is 0 Å². The van der Waals surface area contributed by atoms with Crippen molar-refractivity contribution < 1.29 is 4.39 Å². The van der Waals surface area contributed by atoms with Gasteiger partial charge in [-0.05, 0) is 42.8 Å². The highest BCUT2D eigenvalue weighted by Gasteiger charge is 2.14. The molecule has 2 aromatic heterocycles. The Kier molecular flexibility index (Phi) is 3.39. The fourth-order valence-corrected chi connectivity index (χ4v) is 2.37. The third kappa shape index (κ3) is 2.62. The van der Waals surface area contributed by atoms with Crippen molar-refractivity contribution in [2.45, 2.75) is 13.5 Å². The van der Waals surface area contributed by atoms with Crippen molar-refractivity contribution in [3.63, 3.8) is 0 Å². The van der Waals surface area contributed by atoms with E-state index in [9.17, 15) is 4.39 Å². The number of pyridine rings is 1. The van der Waals surface area contributed by atoms with Gasteiger partial charge >= 0.3 is 0 Å². The van der Waals surface area contributed by atoms with Crippen molar-refractivity contribution in [3.8, 4) is 11.4 Å². The third-order valence-corrected chi connectivity index (χ3v) is 3.27. The number of aryl methyl sites for hydroxylation is 1. The van der Waals surface area contributed by atoms with E-state index in [1.54, 1.807) is 18.3 Å². The van der Waals surface area contributed by atoms with E-state index in [1.807, 2.05) is 17.6 Å². The lowest BCUT2D eigenvalue weighted by atomic mass is 10.2. The zero-order chi connectivity index (χ0) is 15.0. The molecule has 0 radical (unpaired) electrons. The topological polar surface area (TPSA) is 56.7 Å². The predicted octanol–water partition coefficient (Wildman–Crippen LogP) is 2.83. The number of imidazole rings is 1. The molecule has 0 aliphatic heterocycles. The van der Waals surface area contributed by atoms with Crippen LogP contribution in [0.1, 0.15) is 5.56 Å². The average molecular weight is 300 g/mol. The van der Waals surface area contributed by atoms with Crippen LogP contribution in [0.2, 0.25) is 0 Å². The number of hydrogen-bond acceptors (Lipinski definition) is 3. The van der Waals surface area contributed by atoms with E-state index in [0.29, 0.717) is 23.0 Å². The van der Waals surface area contributed by atoms with Gasteiger partial charge in [0.25, 0.3) is 0 Å². The molecule has 0 bridgehead atoms. The second-order valence-electron chi connectivity index (χ2n) is 4.85. The van der Waals surface area contributed by atoms with Crippen LogP contribution < -0.4 is 5.73 Å². The van der Waals surface area contributed by atoms with Gasteiger partial charge < -0.3 is 10.3 Å². The van der Waals surface area contributed by atoms with E-state index in [-0.39, 0.29) is 5.82 Å². The van der Waals surface area contributed by atoms with Gasteiger partial charge in [-0.3, -0.25) is 0 Å². The number of nitrogens with zero attached hydrogens (tertiary/aromatic N) is 3. The molecule has 0 spiro atoms. The number of benzene rings is 1. The summed E-state index contributed by atoms with van der Waals surface area (Å²) >= 11 is 5.00. The SMILES string of the molecule is Cc1cnc2c(c1)nc(-c1ccc(F)cc1)n2CC(N)=S. The summed E-state index contributed by atoms with van der Waals surface area (Å²) in [5, 5.41) is 0. The van der Waals surface area contributed by atoms with Crippen molar-refractivity contribution >= 4 is 28.4 Å². The molecule has 3 aromatic rings. The Morgan fingerprint density at radius 3 is 2.71 bits per heavy atom. The van der Waals surface area contributed by atoms with Crippen LogP contribution in [0.15, 0.2) is 36.5 Å². The minimum absolute atomic E-state index is 0.287. The summed E-state index contributed by atoms with van der Waals surface area (Å²) in [6, 6.07) is 8.11. The highest BCUT2D eigenvalue weighted by molar-refractivity contribution is 7.80. The van der Waals surface area contributed by atoms with Gasteiger partial charge in [-0.1, -0.05) is 12.2 Å². The zero-order valence-corrected chi connectivity index (χ0v) is 12.2. The summed E-state index contributed by atoms with van der Waals surface area (Å²) in [5.41, 5.74) is 8.97. The smallest absolute Gasteiger partial charge is 0.160 e. The van der Waals surface area contributed by atoms with Crippen LogP contribution in [-0.4, -0.2) is 19.5 Å². The van der Waals surface area contributed by atoms with Crippen LogP contribution in [0.3, 0.4) is 0 Å². The summed E-state index contributed by atoms with van der Waals surface area (Å²) < 4.78 is 14.9. The predicted molar refractivity (Wildman–Crippen MR) is 84.4 cm³/mol. The number of aromatic nitrogens is 3. The quantitative estimate of drug-likeness (QED) is 0.756. The Labute approximate surface area is 126 Å². The Morgan fingerprint density at radius 1 is 1.33 bits per heavy atom. The van der Waals surface area contributed by atoms with Gasteiger partial charge in [0.1, 0.15) is 17.2 Å². The molecule has 0 saturated carbocycles. The van der Waals surface area contributed by atoms with E-state index in [1.165, 1.54) is 12.1 Å². The van der Waals surface area contributed by atoms with Crippen LogP contribution in [0, 0.1) is 12.7 Å². The second kappa shape index (κ2) is 5.21. The summed E-state index contributed by atoms with van der Waals surface area (Å²) in [6.07, 6.45) is 1.77. The third-order valence-electron chi connectivity index (χ3n) is 3.14. The molecule has 3 rings (SSSR count). The van der Waals surface area contributed by atoms with Gasteiger partial charge in [0.2, 0.25) is 0 Å². The Morgan fingerprint density at radius 2 is 2.05 bits per heavy atom. The molecule has 0 aliphatic carbocycles.